The summed E-state index contributed by atoms with van der Waals surface area (Å²) in [6, 6.07) is 13.2. The number of carbonyl (C=O) groups is 1. The molecule has 27 heavy (non-hydrogen) atoms. The molecule has 0 unspecified atom stereocenters. The first-order valence-electron chi connectivity index (χ1n) is 8.70. The molecule has 1 fully saturated rings. The molecule has 1 aliphatic carbocycles. The molecule has 0 bridgehead atoms. The zero-order valence-corrected chi connectivity index (χ0v) is 16.0. The van der Waals surface area contributed by atoms with Crippen molar-refractivity contribution >= 4 is 40.0 Å². The number of hydrogen-bond acceptors (Lipinski definition) is 3. The average Bonchev–Trinajstić information content (AvgIpc) is 3.48. The van der Waals surface area contributed by atoms with Crippen molar-refractivity contribution in [2.24, 2.45) is 0 Å². The molecule has 7 heteroatoms. The minimum atomic E-state index is -0.326. The highest BCUT2D eigenvalue weighted by molar-refractivity contribution is 6.38. The summed E-state index contributed by atoms with van der Waals surface area (Å²) in [6.45, 7) is 0.479. The molecule has 4 rings (SSSR count). The molecule has 5 nitrogen and oxygen atoms in total. The Morgan fingerprint density at radius 1 is 1.19 bits per heavy atom. The van der Waals surface area contributed by atoms with E-state index in [1.54, 1.807) is 6.07 Å². The Hall–Kier alpha value is -2.37. The second-order valence-corrected chi connectivity index (χ2v) is 7.54. The Balaban J connectivity index is 1.61. The van der Waals surface area contributed by atoms with Crippen LogP contribution in [0.25, 0.3) is 10.9 Å². The normalized spacial score (nSPS) is 13.7. The molecule has 0 spiro atoms. The van der Waals surface area contributed by atoms with Crippen molar-refractivity contribution in [3.8, 4) is 0 Å². The number of halogens is 2. The summed E-state index contributed by atoms with van der Waals surface area (Å²) in [5.74, 6) is -0.0993. The molecule has 1 heterocycles. The number of carbonyl (C=O) groups excluding carboxylic acids is 1. The minimum Gasteiger partial charge on any atom is -0.334 e. The van der Waals surface area contributed by atoms with Gasteiger partial charge in [0.05, 0.1) is 22.3 Å². The summed E-state index contributed by atoms with van der Waals surface area (Å²) in [5.41, 5.74) is 1.13. The van der Waals surface area contributed by atoms with E-state index in [1.807, 2.05) is 35.2 Å². The molecule has 0 radical (unpaired) electrons. The van der Waals surface area contributed by atoms with Gasteiger partial charge >= 0.3 is 0 Å². The van der Waals surface area contributed by atoms with Gasteiger partial charge in [-0.1, -0.05) is 53.5 Å². The molecular weight excluding hydrogens is 385 g/mol. The molecule has 0 N–H and O–H groups in total. The van der Waals surface area contributed by atoms with Crippen LogP contribution in [0.2, 0.25) is 10.0 Å². The lowest BCUT2D eigenvalue weighted by molar-refractivity contribution is -0.133. The van der Waals surface area contributed by atoms with E-state index in [2.05, 4.69) is 4.98 Å². The van der Waals surface area contributed by atoms with Gasteiger partial charge in [-0.2, -0.15) is 0 Å². The van der Waals surface area contributed by atoms with Gasteiger partial charge in [0, 0.05) is 17.6 Å². The number of nitrogens with zero attached hydrogens (tertiary/aromatic N) is 3. The summed E-state index contributed by atoms with van der Waals surface area (Å²) in [6.07, 6.45) is 3.36. The van der Waals surface area contributed by atoms with Crippen LogP contribution < -0.4 is 5.56 Å². The average molecular weight is 402 g/mol. The highest BCUT2D eigenvalue weighted by Crippen LogP contribution is 2.29. The summed E-state index contributed by atoms with van der Waals surface area (Å²) < 4.78 is 1.32. The second-order valence-electron chi connectivity index (χ2n) is 6.70. The maximum atomic E-state index is 12.9. The third-order valence-corrected chi connectivity index (χ3v) is 5.16. The van der Waals surface area contributed by atoms with Gasteiger partial charge in [0.25, 0.3) is 5.56 Å². The van der Waals surface area contributed by atoms with Crippen molar-refractivity contribution in [3.63, 3.8) is 0 Å². The number of amides is 1. The van der Waals surface area contributed by atoms with Crippen molar-refractivity contribution < 1.29 is 4.79 Å². The summed E-state index contributed by atoms with van der Waals surface area (Å²) in [4.78, 5) is 31.8. The van der Waals surface area contributed by atoms with Gasteiger partial charge in [0.1, 0.15) is 6.54 Å². The Bertz CT molecular complexity index is 1060. The van der Waals surface area contributed by atoms with Crippen LogP contribution in [0.1, 0.15) is 18.4 Å². The Kier molecular flexibility index (Phi) is 4.89. The Morgan fingerprint density at radius 2 is 1.93 bits per heavy atom. The third-order valence-electron chi connectivity index (χ3n) is 4.66. The molecule has 1 aromatic heterocycles. The van der Waals surface area contributed by atoms with E-state index < -0.39 is 0 Å². The van der Waals surface area contributed by atoms with E-state index in [9.17, 15) is 9.59 Å². The number of aromatic nitrogens is 2. The van der Waals surface area contributed by atoms with E-state index in [-0.39, 0.29) is 24.1 Å². The highest BCUT2D eigenvalue weighted by Gasteiger charge is 2.32. The van der Waals surface area contributed by atoms with Crippen LogP contribution in [0, 0.1) is 0 Å². The monoisotopic (exact) mass is 401 g/mol. The first-order valence-corrected chi connectivity index (χ1v) is 9.46. The van der Waals surface area contributed by atoms with Crippen LogP contribution in [0.4, 0.5) is 0 Å². The fourth-order valence-electron chi connectivity index (χ4n) is 3.13. The molecule has 138 valence electrons. The summed E-state index contributed by atoms with van der Waals surface area (Å²) in [5, 5.41) is 0.986. The SMILES string of the molecule is O=C(Cn1cnc2c(Cl)cc(Cl)cc2c1=O)N(Cc1ccccc1)C1CC1. The lowest BCUT2D eigenvalue weighted by Gasteiger charge is -2.23. The Morgan fingerprint density at radius 3 is 2.63 bits per heavy atom. The largest absolute Gasteiger partial charge is 0.334 e. The fraction of sp³-hybridized carbons (Fsp3) is 0.250. The van der Waals surface area contributed by atoms with Crippen molar-refractivity contribution in [3.05, 3.63) is 74.8 Å². The molecule has 0 aliphatic heterocycles. The number of hydrogen-bond donors (Lipinski definition) is 0. The van der Waals surface area contributed by atoms with E-state index >= 15 is 0 Å². The maximum Gasteiger partial charge on any atom is 0.261 e. The molecule has 1 aliphatic rings. The summed E-state index contributed by atoms with van der Waals surface area (Å²) >= 11 is 12.1. The van der Waals surface area contributed by atoms with Crippen LogP contribution in [0.3, 0.4) is 0 Å². The van der Waals surface area contributed by atoms with Crippen LogP contribution in [0.15, 0.2) is 53.6 Å². The van der Waals surface area contributed by atoms with Crippen LogP contribution in [-0.2, 0) is 17.9 Å². The van der Waals surface area contributed by atoms with Crippen LogP contribution >= 0.6 is 23.2 Å². The highest BCUT2D eigenvalue weighted by atomic mass is 35.5. The standard InChI is InChI=1S/C20H17Cl2N3O2/c21-14-8-16-19(17(22)9-14)23-12-24(20(16)27)11-18(26)25(15-6-7-15)10-13-4-2-1-3-5-13/h1-5,8-9,12,15H,6-7,10-11H2. The van der Waals surface area contributed by atoms with Gasteiger partial charge in [-0.3, -0.25) is 14.2 Å². The molecule has 0 atom stereocenters. The van der Waals surface area contributed by atoms with Crippen LogP contribution in [0.5, 0.6) is 0 Å². The topological polar surface area (TPSA) is 55.2 Å². The van der Waals surface area contributed by atoms with E-state index in [4.69, 9.17) is 23.2 Å². The fourth-order valence-corrected chi connectivity index (χ4v) is 3.67. The smallest absolute Gasteiger partial charge is 0.261 e. The number of benzene rings is 2. The zero-order chi connectivity index (χ0) is 19.0. The molecule has 3 aromatic rings. The van der Waals surface area contributed by atoms with Crippen molar-refractivity contribution in [2.45, 2.75) is 32.0 Å². The Labute approximate surface area is 166 Å². The first-order chi connectivity index (χ1) is 13.0. The summed E-state index contributed by atoms with van der Waals surface area (Å²) in [7, 11) is 0. The van der Waals surface area contributed by atoms with Crippen molar-refractivity contribution in [1.82, 2.24) is 14.5 Å². The van der Waals surface area contributed by atoms with Gasteiger partial charge in [-0.05, 0) is 30.5 Å². The van der Waals surface area contributed by atoms with Gasteiger partial charge < -0.3 is 4.90 Å². The number of fused-ring (bicyclic) bond motifs is 1. The van der Waals surface area contributed by atoms with Gasteiger partial charge in [-0.25, -0.2) is 4.98 Å². The first kappa shape index (κ1) is 18.0. The maximum absolute atomic E-state index is 12.9. The van der Waals surface area contributed by atoms with Crippen LogP contribution in [-0.4, -0.2) is 26.4 Å². The van der Waals surface area contributed by atoms with E-state index in [0.29, 0.717) is 27.5 Å². The molecule has 2 aromatic carbocycles. The lowest BCUT2D eigenvalue weighted by Crippen LogP contribution is -2.37. The molecule has 1 saturated carbocycles. The lowest BCUT2D eigenvalue weighted by atomic mass is 10.2. The van der Waals surface area contributed by atoms with Crippen molar-refractivity contribution in [1.29, 1.82) is 0 Å². The van der Waals surface area contributed by atoms with Gasteiger partial charge in [0.2, 0.25) is 5.91 Å². The van der Waals surface area contributed by atoms with Crippen molar-refractivity contribution in [2.75, 3.05) is 0 Å². The zero-order valence-electron chi connectivity index (χ0n) is 14.4. The van der Waals surface area contributed by atoms with Gasteiger partial charge in [0.15, 0.2) is 0 Å². The predicted octanol–water partition coefficient (Wildman–Crippen LogP) is 3.89. The third kappa shape index (κ3) is 3.84. The second kappa shape index (κ2) is 7.33. The molecular formula is C20H17Cl2N3O2. The molecule has 1 amide bonds. The predicted molar refractivity (Wildman–Crippen MR) is 106 cm³/mol. The van der Waals surface area contributed by atoms with E-state index in [1.165, 1.54) is 17.0 Å². The number of rotatable bonds is 5. The van der Waals surface area contributed by atoms with E-state index in [0.717, 1.165) is 18.4 Å². The van der Waals surface area contributed by atoms with Gasteiger partial charge in [-0.15, -0.1) is 0 Å². The minimum absolute atomic E-state index is 0.0603. The molecule has 0 saturated heterocycles. The quantitative estimate of drug-likeness (QED) is 0.651.